The van der Waals surface area contributed by atoms with E-state index in [1.165, 1.54) is 6.08 Å². The van der Waals surface area contributed by atoms with E-state index in [1.54, 1.807) is 36.6 Å². The van der Waals surface area contributed by atoms with Crippen molar-refractivity contribution in [3.63, 3.8) is 0 Å². The van der Waals surface area contributed by atoms with Crippen LogP contribution in [0.3, 0.4) is 0 Å². The van der Waals surface area contributed by atoms with Gasteiger partial charge in [0.05, 0.1) is 12.5 Å². The average molecular weight is 363 g/mol. The van der Waals surface area contributed by atoms with Crippen LogP contribution in [0.25, 0.3) is 16.6 Å². The number of nitrogens with zero attached hydrogens (tertiary/aromatic N) is 3. The summed E-state index contributed by atoms with van der Waals surface area (Å²) in [4.78, 5) is 17.6. The summed E-state index contributed by atoms with van der Waals surface area (Å²) in [5.74, 6) is 0.933. The molecule has 4 rings (SSSR count). The molecule has 1 amide bonds. The van der Waals surface area contributed by atoms with Gasteiger partial charge in [-0.05, 0) is 29.8 Å². The molecule has 0 unspecified atom stereocenters. The number of phenolic OH excluding ortho intramolecular Hbond substituents is 1. The highest BCUT2D eigenvalue weighted by molar-refractivity contribution is 5.87. The summed E-state index contributed by atoms with van der Waals surface area (Å²) in [6.45, 7) is 3.53. The molecule has 0 atom stereocenters. The molecule has 138 valence electrons. The van der Waals surface area contributed by atoms with Crippen molar-refractivity contribution in [3.8, 4) is 22.6 Å². The summed E-state index contributed by atoms with van der Waals surface area (Å²) in [6.07, 6.45) is 8.49. The molecule has 27 heavy (non-hydrogen) atoms. The van der Waals surface area contributed by atoms with Gasteiger partial charge in [0.2, 0.25) is 5.91 Å². The van der Waals surface area contributed by atoms with E-state index in [2.05, 4.69) is 11.6 Å². The minimum absolute atomic E-state index is 0.0591. The predicted octanol–water partition coefficient (Wildman–Crippen LogP) is 3.26. The van der Waals surface area contributed by atoms with Crippen LogP contribution in [-0.4, -0.2) is 44.5 Å². The van der Waals surface area contributed by atoms with Crippen molar-refractivity contribution >= 4 is 11.4 Å². The first kappa shape index (κ1) is 17.1. The molecule has 1 aromatic carbocycles. The zero-order chi connectivity index (χ0) is 19.0. The second-order valence-corrected chi connectivity index (χ2v) is 6.84. The Bertz CT molecular complexity index is 988. The van der Waals surface area contributed by atoms with E-state index < -0.39 is 0 Å². The lowest BCUT2D eigenvalue weighted by Gasteiger charge is -2.40. The van der Waals surface area contributed by atoms with Crippen LogP contribution in [-0.2, 0) is 4.79 Å². The van der Waals surface area contributed by atoms with Gasteiger partial charge in [-0.2, -0.15) is 0 Å². The van der Waals surface area contributed by atoms with Gasteiger partial charge in [-0.3, -0.25) is 4.79 Å². The number of pyridine rings is 1. The van der Waals surface area contributed by atoms with Crippen molar-refractivity contribution < 1.29 is 14.6 Å². The van der Waals surface area contributed by atoms with E-state index >= 15 is 0 Å². The van der Waals surface area contributed by atoms with Gasteiger partial charge in [0, 0.05) is 37.7 Å². The lowest BCUT2D eigenvalue weighted by molar-refractivity contribution is -0.130. The van der Waals surface area contributed by atoms with Crippen molar-refractivity contribution in [3.05, 3.63) is 61.7 Å². The van der Waals surface area contributed by atoms with Crippen LogP contribution in [0, 0.1) is 0 Å². The fraction of sp³-hybridized carbons (Fsp3) is 0.238. The van der Waals surface area contributed by atoms with E-state index in [9.17, 15) is 9.90 Å². The molecule has 6 heteroatoms. The minimum atomic E-state index is -0.0639. The van der Waals surface area contributed by atoms with Gasteiger partial charge in [-0.1, -0.05) is 18.7 Å². The molecule has 2 aromatic heterocycles. The number of phenols is 1. The molecule has 0 spiro atoms. The maximum absolute atomic E-state index is 11.7. The second-order valence-electron chi connectivity index (χ2n) is 6.84. The van der Waals surface area contributed by atoms with Crippen molar-refractivity contribution in [2.75, 3.05) is 7.05 Å². The van der Waals surface area contributed by atoms with Gasteiger partial charge < -0.3 is 19.1 Å². The number of benzene rings is 1. The van der Waals surface area contributed by atoms with Gasteiger partial charge in [-0.15, -0.1) is 0 Å². The fourth-order valence-corrected chi connectivity index (χ4v) is 3.36. The number of carbonyl (C=O) groups is 1. The molecule has 0 aliphatic heterocycles. The molecule has 2 heterocycles. The number of hydrogen-bond acceptors (Lipinski definition) is 4. The molecule has 6 nitrogen and oxygen atoms in total. The Morgan fingerprint density at radius 3 is 2.78 bits per heavy atom. The number of amides is 1. The van der Waals surface area contributed by atoms with Crippen molar-refractivity contribution in [2.24, 2.45) is 0 Å². The van der Waals surface area contributed by atoms with Crippen LogP contribution in [0.15, 0.2) is 61.7 Å². The highest BCUT2D eigenvalue weighted by Gasteiger charge is 2.35. The monoisotopic (exact) mass is 363 g/mol. The zero-order valence-electron chi connectivity index (χ0n) is 15.1. The zero-order valence-corrected chi connectivity index (χ0v) is 15.1. The first-order valence-electron chi connectivity index (χ1n) is 8.86. The quantitative estimate of drug-likeness (QED) is 0.707. The molecule has 0 bridgehead atoms. The first-order chi connectivity index (χ1) is 13.0. The second kappa shape index (κ2) is 6.79. The van der Waals surface area contributed by atoms with E-state index in [1.807, 2.05) is 28.8 Å². The van der Waals surface area contributed by atoms with Gasteiger partial charge in [0.25, 0.3) is 0 Å². The normalized spacial score (nSPS) is 18.7. The lowest BCUT2D eigenvalue weighted by Crippen LogP contribution is -2.49. The van der Waals surface area contributed by atoms with E-state index in [-0.39, 0.29) is 23.8 Å². The van der Waals surface area contributed by atoms with E-state index in [0.29, 0.717) is 0 Å². The number of fused-ring (bicyclic) bond motifs is 1. The predicted molar refractivity (Wildman–Crippen MR) is 103 cm³/mol. The minimum Gasteiger partial charge on any atom is -0.508 e. The maximum Gasteiger partial charge on any atom is 0.245 e. The number of aromatic hydroxyl groups is 1. The Kier molecular flexibility index (Phi) is 4.32. The van der Waals surface area contributed by atoms with Crippen LogP contribution in [0.5, 0.6) is 11.5 Å². The number of rotatable bonds is 5. The Morgan fingerprint density at radius 2 is 2.07 bits per heavy atom. The Morgan fingerprint density at radius 1 is 1.33 bits per heavy atom. The van der Waals surface area contributed by atoms with Gasteiger partial charge >= 0.3 is 0 Å². The smallest absolute Gasteiger partial charge is 0.245 e. The molecule has 3 aromatic rings. The molecule has 1 aliphatic carbocycles. The fourth-order valence-electron chi connectivity index (χ4n) is 3.36. The topological polar surface area (TPSA) is 67.1 Å². The lowest BCUT2D eigenvalue weighted by atomic mass is 9.88. The van der Waals surface area contributed by atoms with Crippen LogP contribution in [0.2, 0.25) is 0 Å². The molecule has 1 saturated carbocycles. The number of carbonyl (C=O) groups excluding carboxylic acids is 1. The summed E-state index contributed by atoms with van der Waals surface area (Å²) < 4.78 is 8.16. The van der Waals surface area contributed by atoms with Crippen LogP contribution in [0.4, 0.5) is 0 Å². The molecule has 0 saturated heterocycles. The highest BCUT2D eigenvalue weighted by Crippen LogP contribution is 2.34. The maximum atomic E-state index is 11.7. The van der Waals surface area contributed by atoms with Crippen molar-refractivity contribution in [1.29, 1.82) is 0 Å². The third-order valence-electron chi connectivity index (χ3n) is 5.12. The van der Waals surface area contributed by atoms with E-state index in [0.717, 1.165) is 35.2 Å². The van der Waals surface area contributed by atoms with Gasteiger partial charge in [0.15, 0.2) is 0 Å². The van der Waals surface area contributed by atoms with Gasteiger partial charge in [0.1, 0.15) is 23.1 Å². The molecular formula is C21H21N3O3. The Hall–Kier alpha value is -3.28. The summed E-state index contributed by atoms with van der Waals surface area (Å²) in [7, 11) is 1.80. The third kappa shape index (κ3) is 3.26. The highest BCUT2D eigenvalue weighted by atomic mass is 16.5. The first-order valence-corrected chi connectivity index (χ1v) is 8.86. The van der Waals surface area contributed by atoms with Crippen molar-refractivity contribution in [2.45, 2.75) is 25.0 Å². The molecule has 0 radical (unpaired) electrons. The summed E-state index contributed by atoms with van der Waals surface area (Å²) >= 11 is 0. The number of hydrogen-bond donors (Lipinski definition) is 1. The van der Waals surface area contributed by atoms with Crippen LogP contribution < -0.4 is 4.74 Å². The number of ether oxygens (including phenoxy) is 1. The van der Waals surface area contributed by atoms with Gasteiger partial charge in [-0.25, -0.2) is 4.98 Å². The third-order valence-corrected chi connectivity index (χ3v) is 5.12. The van der Waals surface area contributed by atoms with E-state index in [4.69, 9.17) is 4.74 Å². The number of imidazole rings is 1. The number of aromatic nitrogens is 2. The Balaban J connectivity index is 1.55. The van der Waals surface area contributed by atoms with Crippen LogP contribution in [0.1, 0.15) is 12.8 Å². The Labute approximate surface area is 157 Å². The van der Waals surface area contributed by atoms with Crippen molar-refractivity contribution in [1.82, 2.24) is 14.3 Å². The van der Waals surface area contributed by atoms with Crippen LogP contribution >= 0.6 is 0 Å². The largest absolute Gasteiger partial charge is 0.508 e. The molecule has 1 aliphatic rings. The molecule has 1 fully saturated rings. The summed E-state index contributed by atoms with van der Waals surface area (Å²) in [6, 6.07) is 9.24. The standard InChI is InChI=1S/C21H21N3O3/c1-3-21(26)23(2)16-9-18(10-16)27-20-8-15(12-24-13-22-11-19(20)24)14-4-6-17(25)7-5-14/h3-8,11-13,16,18,25H,1,9-10H2,2H3. The summed E-state index contributed by atoms with van der Waals surface area (Å²) in [5, 5.41) is 9.51. The average Bonchev–Trinajstić information content (AvgIpc) is 3.12. The summed E-state index contributed by atoms with van der Waals surface area (Å²) in [5.41, 5.74) is 2.86. The number of likely N-dealkylation sites (N-methyl/N-ethyl adjacent to an activating group) is 1. The molecule has 1 N–H and O–H groups in total. The SMILES string of the molecule is C=CC(=O)N(C)C1CC(Oc2cc(-c3ccc(O)cc3)cn3cncc23)C1. The molecular weight excluding hydrogens is 342 g/mol.